The Balaban J connectivity index is 1.84. The van der Waals surface area contributed by atoms with Crippen LogP contribution in [0.15, 0.2) is 43.0 Å². The molecule has 1 aromatic carbocycles. The molecule has 4 nitrogen and oxygen atoms in total. The van der Waals surface area contributed by atoms with Gasteiger partial charge in [-0.15, -0.1) is 0 Å². The summed E-state index contributed by atoms with van der Waals surface area (Å²) in [4.78, 5) is 3.90. The molecule has 0 radical (unpaired) electrons. The molecular weight excluding hydrogens is 240 g/mol. The Morgan fingerprint density at radius 1 is 1.41 bits per heavy atom. The van der Waals surface area contributed by atoms with Crippen molar-refractivity contribution >= 4 is 11.6 Å². The molecule has 0 spiro atoms. The van der Waals surface area contributed by atoms with Gasteiger partial charge in [0.25, 0.3) is 0 Å². The molecule has 1 heterocycles. The molecule has 5 heteroatoms. The highest BCUT2D eigenvalue weighted by atomic mass is 35.5. The van der Waals surface area contributed by atoms with Gasteiger partial charge in [-0.25, -0.2) is 4.98 Å². The van der Waals surface area contributed by atoms with Crippen LogP contribution in [-0.4, -0.2) is 27.4 Å². The molecule has 2 rings (SSSR count). The number of halogens is 1. The van der Waals surface area contributed by atoms with E-state index in [4.69, 9.17) is 16.3 Å². The fourth-order valence-electron chi connectivity index (χ4n) is 1.44. The van der Waals surface area contributed by atoms with E-state index in [0.717, 1.165) is 0 Å². The van der Waals surface area contributed by atoms with Gasteiger partial charge in [0.15, 0.2) is 0 Å². The molecule has 0 fully saturated rings. The number of rotatable bonds is 5. The second-order valence-electron chi connectivity index (χ2n) is 3.65. The zero-order valence-electron chi connectivity index (χ0n) is 9.16. The summed E-state index contributed by atoms with van der Waals surface area (Å²) in [5.74, 6) is 0.582. The van der Waals surface area contributed by atoms with Crippen molar-refractivity contribution in [1.29, 1.82) is 0 Å². The molecule has 0 aliphatic rings. The lowest BCUT2D eigenvalue weighted by atomic mass is 10.3. The summed E-state index contributed by atoms with van der Waals surface area (Å²) in [6.07, 6.45) is 4.51. The van der Waals surface area contributed by atoms with Gasteiger partial charge in [-0.1, -0.05) is 23.7 Å². The van der Waals surface area contributed by atoms with E-state index in [1.165, 1.54) is 0 Å². The van der Waals surface area contributed by atoms with Crippen molar-refractivity contribution in [3.63, 3.8) is 0 Å². The Morgan fingerprint density at radius 2 is 2.24 bits per heavy atom. The Morgan fingerprint density at radius 3 is 2.94 bits per heavy atom. The normalized spacial score (nSPS) is 12.4. The van der Waals surface area contributed by atoms with E-state index < -0.39 is 6.10 Å². The van der Waals surface area contributed by atoms with Crippen molar-refractivity contribution in [3.05, 3.63) is 48.0 Å². The number of hydrogen-bond acceptors (Lipinski definition) is 3. The van der Waals surface area contributed by atoms with Crippen molar-refractivity contribution in [1.82, 2.24) is 9.55 Å². The number of nitrogens with zero attached hydrogens (tertiary/aromatic N) is 2. The van der Waals surface area contributed by atoms with E-state index in [-0.39, 0.29) is 6.61 Å². The van der Waals surface area contributed by atoms with E-state index >= 15 is 0 Å². The molecule has 17 heavy (non-hydrogen) atoms. The van der Waals surface area contributed by atoms with Crippen molar-refractivity contribution in [2.24, 2.45) is 0 Å². The molecule has 0 unspecified atom stereocenters. The SMILES string of the molecule is O[C@H](COc1ccccc1Cl)Cn1ccnc1. The summed E-state index contributed by atoms with van der Waals surface area (Å²) in [6, 6.07) is 7.19. The minimum atomic E-state index is -0.597. The molecule has 2 aromatic rings. The summed E-state index contributed by atoms with van der Waals surface area (Å²) in [5.41, 5.74) is 0. The van der Waals surface area contributed by atoms with Crippen LogP contribution in [-0.2, 0) is 6.54 Å². The van der Waals surface area contributed by atoms with Crippen molar-refractivity contribution in [3.8, 4) is 5.75 Å². The fraction of sp³-hybridized carbons (Fsp3) is 0.250. The maximum atomic E-state index is 9.76. The van der Waals surface area contributed by atoms with Gasteiger partial charge in [0.2, 0.25) is 0 Å². The Labute approximate surface area is 104 Å². The third-order valence-electron chi connectivity index (χ3n) is 2.25. The highest BCUT2D eigenvalue weighted by Gasteiger charge is 2.07. The zero-order valence-corrected chi connectivity index (χ0v) is 9.92. The second kappa shape index (κ2) is 5.70. The van der Waals surface area contributed by atoms with E-state index in [1.807, 2.05) is 12.1 Å². The molecule has 0 bridgehead atoms. The Bertz CT molecular complexity index is 459. The van der Waals surface area contributed by atoms with Crippen LogP contribution in [0, 0.1) is 0 Å². The van der Waals surface area contributed by atoms with Gasteiger partial charge in [-0.05, 0) is 12.1 Å². The average Bonchev–Trinajstić information content (AvgIpc) is 2.81. The quantitative estimate of drug-likeness (QED) is 0.885. The summed E-state index contributed by atoms with van der Waals surface area (Å²) < 4.78 is 7.22. The van der Waals surface area contributed by atoms with Gasteiger partial charge < -0.3 is 14.4 Å². The number of benzene rings is 1. The van der Waals surface area contributed by atoms with Crippen LogP contribution in [0.2, 0.25) is 5.02 Å². The Hall–Kier alpha value is -1.52. The first-order valence-electron chi connectivity index (χ1n) is 5.27. The number of aromatic nitrogens is 2. The number of aliphatic hydroxyl groups excluding tert-OH is 1. The topological polar surface area (TPSA) is 47.3 Å². The first kappa shape index (κ1) is 12.0. The fourth-order valence-corrected chi connectivity index (χ4v) is 1.63. The molecular formula is C12H13ClN2O2. The van der Waals surface area contributed by atoms with Crippen LogP contribution in [0.5, 0.6) is 5.75 Å². The van der Waals surface area contributed by atoms with Crippen LogP contribution < -0.4 is 4.74 Å². The largest absolute Gasteiger partial charge is 0.489 e. The van der Waals surface area contributed by atoms with Crippen molar-refractivity contribution in [2.45, 2.75) is 12.6 Å². The van der Waals surface area contributed by atoms with Gasteiger partial charge in [0.05, 0.1) is 17.9 Å². The molecule has 0 saturated heterocycles. The maximum Gasteiger partial charge on any atom is 0.138 e. The monoisotopic (exact) mass is 252 g/mol. The van der Waals surface area contributed by atoms with Crippen LogP contribution in [0.3, 0.4) is 0 Å². The average molecular weight is 253 g/mol. The number of hydrogen-bond donors (Lipinski definition) is 1. The molecule has 1 N–H and O–H groups in total. The van der Waals surface area contributed by atoms with Crippen molar-refractivity contribution < 1.29 is 9.84 Å². The highest BCUT2D eigenvalue weighted by Crippen LogP contribution is 2.23. The molecule has 0 amide bonds. The lowest BCUT2D eigenvalue weighted by Gasteiger charge is -2.13. The van der Waals surface area contributed by atoms with E-state index in [9.17, 15) is 5.11 Å². The van der Waals surface area contributed by atoms with Crippen LogP contribution in [0.4, 0.5) is 0 Å². The summed E-state index contributed by atoms with van der Waals surface area (Å²) >= 11 is 5.93. The highest BCUT2D eigenvalue weighted by molar-refractivity contribution is 6.32. The molecule has 0 saturated carbocycles. The molecule has 0 aliphatic heterocycles. The lowest BCUT2D eigenvalue weighted by Crippen LogP contribution is -2.23. The predicted octanol–water partition coefficient (Wildman–Crippen LogP) is 1.98. The van der Waals surface area contributed by atoms with Gasteiger partial charge in [0.1, 0.15) is 18.5 Å². The molecule has 0 aliphatic carbocycles. The van der Waals surface area contributed by atoms with Gasteiger partial charge in [-0.3, -0.25) is 0 Å². The summed E-state index contributed by atoms with van der Waals surface area (Å²) in [7, 11) is 0. The van der Waals surface area contributed by atoms with Gasteiger partial charge in [0, 0.05) is 12.4 Å². The minimum absolute atomic E-state index is 0.196. The third kappa shape index (κ3) is 3.47. The minimum Gasteiger partial charge on any atom is -0.489 e. The number of imidazole rings is 1. The standard InChI is InChI=1S/C12H13ClN2O2/c13-11-3-1-2-4-12(11)17-8-10(16)7-15-6-5-14-9-15/h1-6,9-10,16H,7-8H2/t10-/m0/s1. The number of aliphatic hydroxyl groups is 1. The van der Waals surface area contributed by atoms with Gasteiger partial charge >= 0.3 is 0 Å². The molecule has 1 atom stereocenters. The first-order valence-corrected chi connectivity index (χ1v) is 5.64. The van der Waals surface area contributed by atoms with Crippen molar-refractivity contribution in [2.75, 3.05) is 6.61 Å². The number of ether oxygens (including phenoxy) is 1. The van der Waals surface area contributed by atoms with Crippen LogP contribution in [0.1, 0.15) is 0 Å². The lowest BCUT2D eigenvalue weighted by molar-refractivity contribution is 0.0925. The molecule has 90 valence electrons. The molecule has 1 aromatic heterocycles. The second-order valence-corrected chi connectivity index (χ2v) is 4.06. The third-order valence-corrected chi connectivity index (χ3v) is 2.56. The number of para-hydroxylation sites is 1. The van der Waals surface area contributed by atoms with E-state index in [0.29, 0.717) is 17.3 Å². The van der Waals surface area contributed by atoms with E-state index in [2.05, 4.69) is 4.98 Å². The zero-order chi connectivity index (χ0) is 12.1. The first-order chi connectivity index (χ1) is 8.25. The summed E-state index contributed by atoms with van der Waals surface area (Å²) in [5, 5.41) is 10.3. The Kier molecular flexibility index (Phi) is 4.01. The van der Waals surface area contributed by atoms with Gasteiger partial charge in [-0.2, -0.15) is 0 Å². The maximum absolute atomic E-state index is 9.76. The van der Waals surface area contributed by atoms with Crippen LogP contribution >= 0.6 is 11.6 Å². The predicted molar refractivity (Wildman–Crippen MR) is 65.2 cm³/mol. The van der Waals surface area contributed by atoms with Crippen LogP contribution in [0.25, 0.3) is 0 Å². The summed E-state index contributed by atoms with van der Waals surface area (Å²) in [6.45, 7) is 0.645. The van der Waals surface area contributed by atoms with E-state index in [1.54, 1.807) is 35.4 Å². The smallest absolute Gasteiger partial charge is 0.138 e.